The zero-order chi connectivity index (χ0) is 20.2. The molecule has 1 atom stereocenters. The van der Waals surface area contributed by atoms with E-state index in [4.69, 9.17) is 0 Å². The minimum absolute atomic E-state index is 0.338. The van der Waals surface area contributed by atoms with Crippen LogP contribution in [0.3, 0.4) is 0 Å². The molecule has 0 radical (unpaired) electrons. The number of fused-ring (bicyclic) bond motifs is 1. The Morgan fingerprint density at radius 2 is 1.90 bits per heavy atom. The van der Waals surface area contributed by atoms with Crippen LogP contribution < -0.4 is 0 Å². The molecule has 1 fully saturated rings. The Morgan fingerprint density at radius 3 is 2.62 bits per heavy atom. The van der Waals surface area contributed by atoms with Gasteiger partial charge in [0.15, 0.2) is 0 Å². The Labute approximate surface area is 169 Å². The van der Waals surface area contributed by atoms with Gasteiger partial charge in [0.2, 0.25) is 0 Å². The molecule has 29 heavy (non-hydrogen) atoms. The van der Waals surface area contributed by atoms with Crippen LogP contribution in [0.15, 0.2) is 60.8 Å². The van der Waals surface area contributed by atoms with Crippen molar-refractivity contribution in [3.63, 3.8) is 0 Å². The summed E-state index contributed by atoms with van der Waals surface area (Å²) >= 11 is 0. The summed E-state index contributed by atoms with van der Waals surface area (Å²) in [7, 11) is 0. The van der Waals surface area contributed by atoms with Crippen molar-refractivity contribution in [2.75, 3.05) is 32.7 Å². The van der Waals surface area contributed by atoms with Crippen molar-refractivity contribution in [3.05, 3.63) is 77.7 Å². The van der Waals surface area contributed by atoms with Crippen molar-refractivity contribution in [3.8, 4) is 0 Å². The molecule has 0 spiro atoms. The number of aromatic nitrogens is 1. The second-order valence-electron chi connectivity index (χ2n) is 7.32. The maximum Gasteiger partial charge on any atom is 0.325 e. The molecule has 3 aromatic rings. The number of nitrogens with one attached hydrogen (secondary N) is 1. The fraction of sp³-hybridized carbons (Fsp3) is 0.261. The molecule has 0 saturated carbocycles. The molecule has 2 aromatic carbocycles. The zero-order valence-corrected chi connectivity index (χ0v) is 16.1. The molecule has 0 bridgehead atoms. The lowest BCUT2D eigenvalue weighted by Gasteiger charge is -2.37. The number of carbonyl (C=O) groups is 1. The molecule has 1 aliphatic heterocycles. The van der Waals surface area contributed by atoms with Crippen molar-refractivity contribution in [2.24, 2.45) is 0 Å². The van der Waals surface area contributed by atoms with Crippen molar-refractivity contribution >= 4 is 22.9 Å². The largest absolute Gasteiger partial charge is 0.480 e. The van der Waals surface area contributed by atoms with Gasteiger partial charge >= 0.3 is 5.97 Å². The average Bonchev–Trinajstić information content (AvgIpc) is 3.12. The molecular weight excluding hydrogens is 369 g/mol. The number of H-pyrrole nitrogens is 1. The summed E-state index contributed by atoms with van der Waals surface area (Å²) in [6.45, 7) is 3.79. The first-order chi connectivity index (χ1) is 14.1. The monoisotopic (exact) mass is 393 g/mol. The zero-order valence-electron chi connectivity index (χ0n) is 16.1. The van der Waals surface area contributed by atoms with Gasteiger partial charge in [0.1, 0.15) is 11.9 Å². The normalized spacial score (nSPS) is 17.1. The molecule has 1 aromatic heterocycles. The minimum Gasteiger partial charge on any atom is -0.480 e. The van der Waals surface area contributed by atoms with Gasteiger partial charge in [0, 0.05) is 55.4 Å². The SMILES string of the molecule is O=C(O)[C@@H](c1c[nH]c2cc(F)ccc12)N1CCN(C/C=C/c2ccccc2)CC1. The molecule has 6 heteroatoms. The van der Waals surface area contributed by atoms with Gasteiger partial charge in [0.25, 0.3) is 0 Å². The highest BCUT2D eigenvalue weighted by molar-refractivity contribution is 5.89. The van der Waals surface area contributed by atoms with Crippen LogP contribution >= 0.6 is 0 Å². The third-order valence-electron chi connectivity index (χ3n) is 5.45. The number of benzene rings is 2. The van der Waals surface area contributed by atoms with Crippen LogP contribution in [0.5, 0.6) is 0 Å². The van der Waals surface area contributed by atoms with Crippen LogP contribution in [0.2, 0.25) is 0 Å². The van der Waals surface area contributed by atoms with Gasteiger partial charge in [-0.1, -0.05) is 42.5 Å². The maximum atomic E-state index is 13.5. The quantitative estimate of drug-likeness (QED) is 0.669. The Morgan fingerprint density at radius 1 is 1.14 bits per heavy atom. The number of hydrogen-bond donors (Lipinski definition) is 2. The van der Waals surface area contributed by atoms with Crippen molar-refractivity contribution in [2.45, 2.75) is 6.04 Å². The second-order valence-corrected chi connectivity index (χ2v) is 7.32. The second kappa shape index (κ2) is 8.59. The molecule has 1 aliphatic rings. The van der Waals surface area contributed by atoms with Crippen molar-refractivity contribution in [1.82, 2.24) is 14.8 Å². The summed E-state index contributed by atoms with van der Waals surface area (Å²) in [6, 6.07) is 13.8. The number of carboxylic acid groups (broad SMARTS) is 1. The highest BCUT2D eigenvalue weighted by Crippen LogP contribution is 2.30. The Bertz CT molecular complexity index is 1010. The molecule has 2 N–H and O–H groups in total. The first-order valence-corrected chi connectivity index (χ1v) is 9.79. The first kappa shape index (κ1) is 19.4. The van der Waals surface area contributed by atoms with E-state index in [1.165, 1.54) is 17.7 Å². The minimum atomic E-state index is -0.882. The Hall–Kier alpha value is -2.96. The van der Waals surface area contributed by atoms with E-state index in [0.717, 1.165) is 25.0 Å². The highest BCUT2D eigenvalue weighted by atomic mass is 19.1. The fourth-order valence-corrected chi connectivity index (χ4v) is 3.94. The number of hydrogen-bond acceptors (Lipinski definition) is 3. The summed E-state index contributed by atoms with van der Waals surface area (Å²) in [5.41, 5.74) is 2.48. The van der Waals surface area contributed by atoms with Crippen molar-refractivity contribution < 1.29 is 14.3 Å². The predicted octanol–water partition coefficient (Wildman–Crippen LogP) is 3.76. The van der Waals surface area contributed by atoms with Gasteiger partial charge in [-0.2, -0.15) is 0 Å². The molecule has 2 heterocycles. The summed E-state index contributed by atoms with van der Waals surface area (Å²) in [5.74, 6) is -1.22. The number of aliphatic carboxylic acids is 1. The van der Waals surface area contributed by atoms with Crippen LogP contribution in [-0.2, 0) is 4.79 Å². The van der Waals surface area contributed by atoms with E-state index in [2.05, 4.69) is 34.2 Å². The maximum absolute atomic E-state index is 13.5. The number of carboxylic acids is 1. The predicted molar refractivity (Wildman–Crippen MR) is 112 cm³/mol. The van der Waals surface area contributed by atoms with Gasteiger partial charge in [-0.05, 0) is 23.8 Å². The third-order valence-corrected chi connectivity index (χ3v) is 5.45. The third kappa shape index (κ3) is 4.39. The molecule has 0 unspecified atom stereocenters. The molecule has 1 saturated heterocycles. The Kier molecular flexibility index (Phi) is 5.74. The molecule has 150 valence electrons. The summed E-state index contributed by atoms with van der Waals surface area (Å²) < 4.78 is 13.5. The number of aromatic amines is 1. The van der Waals surface area contributed by atoms with E-state index >= 15 is 0 Å². The smallest absolute Gasteiger partial charge is 0.325 e. The molecular formula is C23H24FN3O2. The molecule has 0 amide bonds. The summed E-state index contributed by atoms with van der Waals surface area (Å²) in [6.07, 6.45) is 5.95. The number of halogens is 1. The summed E-state index contributed by atoms with van der Waals surface area (Å²) in [5, 5.41) is 10.6. The van der Waals surface area contributed by atoms with E-state index in [9.17, 15) is 14.3 Å². The van der Waals surface area contributed by atoms with Crippen LogP contribution in [0.1, 0.15) is 17.2 Å². The van der Waals surface area contributed by atoms with Crippen molar-refractivity contribution in [1.29, 1.82) is 0 Å². The molecule has 5 nitrogen and oxygen atoms in total. The van der Waals surface area contributed by atoms with Gasteiger partial charge in [-0.25, -0.2) is 4.39 Å². The lowest BCUT2D eigenvalue weighted by atomic mass is 10.0. The van der Waals surface area contributed by atoms with Gasteiger partial charge in [-0.15, -0.1) is 0 Å². The van der Waals surface area contributed by atoms with Gasteiger partial charge < -0.3 is 10.1 Å². The lowest BCUT2D eigenvalue weighted by Crippen LogP contribution is -2.49. The van der Waals surface area contributed by atoms with Crippen LogP contribution in [0.25, 0.3) is 17.0 Å². The summed E-state index contributed by atoms with van der Waals surface area (Å²) in [4.78, 5) is 19.4. The number of nitrogens with zero attached hydrogens (tertiary/aromatic N) is 2. The Balaban J connectivity index is 1.41. The van der Waals surface area contributed by atoms with Gasteiger partial charge in [-0.3, -0.25) is 14.6 Å². The molecule has 0 aliphatic carbocycles. The van der Waals surface area contributed by atoms with Crippen LogP contribution in [0.4, 0.5) is 4.39 Å². The van der Waals surface area contributed by atoms with E-state index < -0.39 is 12.0 Å². The van der Waals surface area contributed by atoms with E-state index in [-0.39, 0.29) is 5.82 Å². The topological polar surface area (TPSA) is 59.6 Å². The highest BCUT2D eigenvalue weighted by Gasteiger charge is 2.31. The van der Waals surface area contributed by atoms with E-state index in [1.807, 2.05) is 23.1 Å². The van der Waals surface area contributed by atoms with Gasteiger partial charge in [0.05, 0.1) is 0 Å². The van der Waals surface area contributed by atoms with Crippen LogP contribution in [0, 0.1) is 5.82 Å². The molecule has 4 rings (SSSR count). The standard InChI is InChI=1S/C23H24FN3O2/c24-18-8-9-19-20(16-25-21(19)15-18)22(23(28)29)27-13-11-26(12-14-27)10-4-7-17-5-2-1-3-6-17/h1-9,15-16,22,25H,10-14H2,(H,28,29)/b7-4+/t22-/m1/s1. The number of piperazine rings is 1. The lowest BCUT2D eigenvalue weighted by molar-refractivity contribution is -0.144. The fourth-order valence-electron chi connectivity index (χ4n) is 3.94. The van der Waals surface area contributed by atoms with Crippen LogP contribution in [-0.4, -0.2) is 58.6 Å². The van der Waals surface area contributed by atoms with E-state index in [1.54, 1.807) is 12.3 Å². The first-order valence-electron chi connectivity index (χ1n) is 9.79. The number of rotatable bonds is 6. The average molecular weight is 393 g/mol. The van der Waals surface area contributed by atoms with E-state index in [0.29, 0.717) is 24.2 Å².